The molecule has 2 aliphatic rings. The zero-order chi connectivity index (χ0) is 17.3. The van der Waals surface area contributed by atoms with Crippen LogP contribution in [0.4, 0.5) is 4.79 Å². The molecule has 7 heteroatoms. The highest BCUT2D eigenvalue weighted by Gasteiger charge is 2.36. The second-order valence-corrected chi connectivity index (χ2v) is 8.68. The van der Waals surface area contributed by atoms with Gasteiger partial charge < -0.3 is 19.9 Å². The highest BCUT2D eigenvalue weighted by atomic mass is 32.1. The number of rotatable bonds is 2. The number of piperazine rings is 1. The van der Waals surface area contributed by atoms with E-state index in [-0.39, 0.29) is 12.1 Å². The number of aryl methyl sites for hydroxylation is 1. The van der Waals surface area contributed by atoms with E-state index in [4.69, 9.17) is 4.74 Å². The van der Waals surface area contributed by atoms with Gasteiger partial charge in [-0.3, -0.25) is 4.99 Å². The van der Waals surface area contributed by atoms with Crippen LogP contribution in [0.5, 0.6) is 0 Å². The minimum atomic E-state index is -0.452. The first-order valence-electron chi connectivity index (χ1n) is 8.40. The van der Waals surface area contributed by atoms with Crippen molar-refractivity contribution in [2.75, 3.05) is 26.2 Å². The maximum Gasteiger partial charge on any atom is 0.410 e. The second-order valence-electron chi connectivity index (χ2n) is 7.30. The largest absolute Gasteiger partial charge is 0.444 e. The lowest BCUT2D eigenvalue weighted by Gasteiger charge is -2.39. The quantitative estimate of drug-likeness (QED) is 0.890. The molecule has 1 atom stereocenters. The van der Waals surface area contributed by atoms with Crippen LogP contribution in [-0.2, 0) is 11.3 Å². The molecule has 3 rings (SSSR count). The highest BCUT2D eigenvalue weighted by molar-refractivity contribution is 7.11. The van der Waals surface area contributed by atoms with Gasteiger partial charge in [-0.15, -0.1) is 11.3 Å². The monoisotopic (exact) mass is 350 g/mol. The molecule has 0 spiro atoms. The molecular weight excluding hydrogens is 324 g/mol. The van der Waals surface area contributed by atoms with Gasteiger partial charge in [-0.25, -0.2) is 4.79 Å². The Morgan fingerprint density at radius 3 is 2.88 bits per heavy atom. The van der Waals surface area contributed by atoms with E-state index in [0.29, 0.717) is 13.1 Å². The summed E-state index contributed by atoms with van der Waals surface area (Å²) in [4.78, 5) is 23.6. The summed E-state index contributed by atoms with van der Waals surface area (Å²) < 4.78 is 5.48. The van der Waals surface area contributed by atoms with Gasteiger partial charge in [0.05, 0.1) is 19.1 Å². The van der Waals surface area contributed by atoms with Crippen molar-refractivity contribution in [2.45, 2.75) is 45.9 Å². The average molecular weight is 350 g/mol. The predicted molar refractivity (Wildman–Crippen MR) is 96.5 cm³/mol. The molecule has 1 unspecified atom stereocenters. The lowest BCUT2D eigenvalue weighted by molar-refractivity contribution is 0.0137. The molecule has 0 radical (unpaired) electrons. The minimum absolute atomic E-state index is 0.224. The molecule has 1 aromatic heterocycles. The summed E-state index contributed by atoms with van der Waals surface area (Å²) in [5, 5.41) is 3.44. The number of carbonyl (C=O) groups is 1. The van der Waals surface area contributed by atoms with E-state index in [1.165, 1.54) is 9.75 Å². The fourth-order valence-electron chi connectivity index (χ4n) is 2.97. The van der Waals surface area contributed by atoms with Gasteiger partial charge in [0.2, 0.25) is 0 Å². The first-order valence-corrected chi connectivity index (χ1v) is 9.22. The van der Waals surface area contributed by atoms with Gasteiger partial charge in [0, 0.05) is 29.4 Å². The number of fused-ring (bicyclic) bond motifs is 1. The van der Waals surface area contributed by atoms with Gasteiger partial charge in [-0.2, -0.15) is 0 Å². The summed E-state index contributed by atoms with van der Waals surface area (Å²) in [5.74, 6) is 0.954. The van der Waals surface area contributed by atoms with Crippen LogP contribution in [-0.4, -0.2) is 59.7 Å². The van der Waals surface area contributed by atoms with Gasteiger partial charge >= 0.3 is 6.09 Å². The summed E-state index contributed by atoms with van der Waals surface area (Å²) in [6, 6.07) is 4.54. The maximum absolute atomic E-state index is 12.2. The Morgan fingerprint density at radius 2 is 2.21 bits per heavy atom. The Hall–Kier alpha value is -1.76. The molecule has 1 amide bonds. The van der Waals surface area contributed by atoms with E-state index in [1.54, 1.807) is 16.2 Å². The number of ether oxygens (including phenoxy) is 1. The van der Waals surface area contributed by atoms with Crippen LogP contribution in [0.3, 0.4) is 0 Å². The predicted octanol–water partition coefficient (Wildman–Crippen LogP) is 2.44. The van der Waals surface area contributed by atoms with Crippen LogP contribution < -0.4 is 5.32 Å². The maximum atomic E-state index is 12.2. The van der Waals surface area contributed by atoms with Crippen molar-refractivity contribution in [2.24, 2.45) is 4.99 Å². The summed E-state index contributed by atoms with van der Waals surface area (Å²) in [5.41, 5.74) is -0.452. The molecule has 24 heavy (non-hydrogen) atoms. The third-order valence-corrected chi connectivity index (χ3v) is 5.08. The molecule has 1 fully saturated rings. The van der Waals surface area contributed by atoms with Crippen LogP contribution in [0.15, 0.2) is 17.1 Å². The van der Waals surface area contributed by atoms with Crippen LogP contribution >= 0.6 is 11.3 Å². The molecule has 2 aliphatic heterocycles. The van der Waals surface area contributed by atoms with E-state index in [9.17, 15) is 4.79 Å². The molecule has 6 nitrogen and oxygen atoms in total. The number of amides is 1. The number of hydrogen-bond donors (Lipinski definition) is 1. The number of thiophene rings is 1. The van der Waals surface area contributed by atoms with Crippen molar-refractivity contribution in [3.8, 4) is 0 Å². The smallest absolute Gasteiger partial charge is 0.410 e. The Morgan fingerprint density at radius 1 is 1.42 bits per heavy atom. The average Bonchev–Trinajstić information content (AvgIpc) is 3.08. The molecule has 0 saturated carbocycles. The van der Waals surface area contributed by atoms with Gasteiger partial charge in [-0.1, -0.05) is 0 Å². The highest BCUT2D eigenvalue weighted by Crippen LogP contribution is 2.19. The van der Waals surface area contributed by atoms with E-state index < -0.39 is 5.60 Å². The Balaban J connectivity index is 1.52. The van der Waals surface area contributed by atoms with E-state index in [1.807, 2.05) is 20.8 Å². The zero-order valence-corrected chi connectivity index (χ0v) is 15.7. The number of guanidine groups is 1. The van der Waals surface area contributed by atoms with Crippen molar-refractivity contribution in [3.05, 3.63) is 21.9 Å². The van der Waals surface area contributed by atoms with E-state index in [2.05, 4.69) is 34.3 Å². The van der Waals surface area contributed by atoms with Crippen molar-refractivity contribution in [1.29, 1.82) is 0 Å². The number of nitrogens with zero attached hydrogens (tertiary/aromatic N) is 3. The standard InChI is InChI=1S/C17H26N4O2S/c1-12-5-6-14(24-12)10-19-15-18-9-13-11-20(7-8-21(13)15)16(22)23-17(2,3)4/h5-6,13H,7-11H2,1-4H3,(H,18,19). The molecule has 1 aromatic rings. The number of carbonyl (C=O) groups excluding carboxylic acids is 1. The topological polar surface area (TPSA) is 57.2 Å². The lowest BCUT2D eigenvalue weighted by atomic mass is 10.2. The second kappa shape index (κ2) is 6.63. The fraction of sp³-hybridized carbons (Fsp3) is 0.647. The Kier molecular flexibility index (Phi) is 4.71. The Labute approximate surface area is 147 Å². The van der Waals surface area contributed by atoms with Crippen LogP contribution in [0.1, 0.15) is 30.5 Å². The molecule has 132 valence electrons. The third-order valence-electron chi connectivity index (χ3n) is 4.08. The van der Waals surface area contributed by atoms with Crippen molar-refractivity contribution < 1.29 is 9.53 Å². The minimum Gasteiger partial charge on any atom is -0.444 e. The molecule has 0 aliphatic carbocycles. The van der Waals surface area contributed by atoms with Crippen molar-refractivity contribution in [3.63, 3.8) is 0 Å². The van der Waals surface area contributed by atoms with Gasteiger partial charge in [-0.05, 0) is 39.8 Å². The summed E-state index contributed by atoms with van der Waals surface area (Å²) in [7, 11) is 0. The summed E-state index contributed by atoms with van der Waals surface area (Å²) >= 11 is 1.80. The van der Waals surface area contributed by atoms with Gasteiger partial charge in [0.1, 0.15) is 5.60 Å². The normalized spacial score (nSPS) is 20.7. The molecule has 1 saturated heterocycles. The van der Waals surface area contributed by atoms with Crippen LogP contribution in [0, 0.1) is 6.92 Å². The third kappa shape index (κ3) is 4.01. The zero-order valence-electron chi connectivity index (χ0n) is 14.8. The first-order chi connectivity index (χ1) is 11.3. The van der Waals surface area contributed by atoms with E-state index in [0.717, 1.165) is 25.6 Å². The van der Waals surface area contributed by atoms with Crippen LogP contribution in [0.2, 0.25) is 0 Å². The lowest BCUT2D eigenvalue weighted by Crippen LogP contribution is -2.57. The molecule has 1 N–H and O–H groups in total. The SMILES string of the molecule is Cc1ccc(CNC2=NCC3CN(C(=O)OC(C)(C)C)CCN23)s1. The molecule has 0 aromatic carbocycles. The summed E-state index contributed by atoms with van der Waals surface area (Å²) in [6.07, 6.45) is -0.224. The first kappa shape index (κ1) is 17.1. The van der Waals surface area contributed by atoms with Crippen molar-refractivity contribution >= 4 is 23.4 Å². The van der Waals surface area contributed by atoms with Crippen LogP contribution in [0.25, 0.3) is 0 Å². The molecule has 3 heterocycles. The van der Waals surface area contributed by atoms with Gasteiger partial charge in [0.25, 0.3) is 0 Å². The van der Waals surface area contributed by atoms with E-state index >= 15 is 0 Å². The fourth-order valence-corrected chi connectivity index (χ4v) is 3.80. The number of hydrogen-bond acceptors (Lipinski definition) is 6. The molecular formula is C17H26N4O2S. The van der Waals surface area contributed by atoms with Gasteiger partial charge in [0.15, 0.2) is 5.96 Å². The summed E-state index contributed by atoms with van der Waals surface area (Å²) in [6.45, 7) is 11.5. The van der Waals surface area contributed by atoms with Crippen molar-refractivity contribution in [1.82, 2.24) is 15.1 Å². The molecule has 0 bridgehead atoms. The number of nitrogens with one attached hydrogen (secondary N) is 1. The number of aliphatic imine (C=N–C) groups is 1. The Bertz CT molecular complexity index is 635.